The molecule has 0 amide bonds. The van der Waals surface area contributed by atoms with Crippen molar-refractivity contribution >= 4 is 28.0 Å². The number of imidazole rings is 1. The van der Waals surface area contributed by atoms with Crippen molar-refractivity contribution in [2.45, 2.75) is 32.5 Å². The summed E-state index contributed by atoms with van der Waals surface area (Å²) in [5, 5.41) is 0. The molecule has 0 spiro atoms. The minimum atomic E-state index is -4.74. The Kier molecular flexibility index (Phi) is 5.29. The third-order valence-electron chi connectivity index (χ3n) is 7.20. The number of aromatic nitrogens is 3. The van der Waals surface area contributed by atoms with E-state index in [1.807, 2.05) is 0 Å². The molecular weight excluding hydrogens is 519 g/mol. The Bertz CT molecular complexity index is 1830. The number of nitrogen functional groups attached to an aromatic ring is 1. The van der Waals surface area contributed by atoms with Crippen LogP contribution in [0.4, 0.5) is 27.6 Å². The second-order valence-electron chi connectivity index (χ2n) is 9.72. The SMILES string of the molecule is Cc1nc2c3c(c(C(F)(F)F)cc2n1C)-c1cccn2c(C(=O)c4cc(F)c(N)c(F)c4)cc(c12)CC(C)O3. The van der Waals surface area contributed by atoms with Gasteiger partial charge in [-0.15, -0.1) is 0 Å². The third-order valence-corrected chi connectivity index (χ3v) is 7.20. The van der Waals surface area contributed by atoms with Crippen molar-refractivity contribution in [2.75, 3.05) is 5.73 Å². The molecule has 11 heteroatoms. The predicted octanol–water partition coefficient (Wildman–Crippen LogP) is 6.24. The Hall–Kier alpha value is -4.41. The molecule has 4 heterocycles. The fourth-order valence-corrected chi connectivity index (χ4v) is 5.30. The maximum Gasteiger partial charge on any atom is 0.417 e. The number of rotatable bonds is 2. The van der Waals surface area contributed by atoms with Crippen LogP contribution in [0, 0.1) is 18.6 Å². The van der Waals surface area contributed by atoms with Crippen molar-refractivity contribution in [2.24, 2.45) is 7.05 Å². The van der Waals surface area contributed by atoms with Crippen LogP contribution in [0.2, 0.25) is 0 Å². The van der Waals surface area contributed by atoms with Gasteiger partial charge in [-0.3, -0.25) is 4.79 Å². The lowest BCUT2D eigenvalue weighted by molar-refractivity contribution is -0.137. The standard InChI is InChI=1S/C28H21F5N4O2/c1-12-7-14-10-21(26(38)15-8-18(29)23(34)19(30)9-15)37-6-4-5-16(25(14)37)22-17(28(31,32)33)11-20-24(27(22)39-12)35-13(2)36(20)3/h4-6,8-12H,7,34H2,1-3H3. The summed E-state index contributed by atoms with van der Waals surface area (Å²) in [5.41, 5.74) is 4.98. The smallest absolute Gasteiger partial charge is 0.417 e. The Morgan fingerprint density at radius 2 is 1.85 bits per heavy atom. The number of nitrogens with zero attached hydrogens (tertiary/aromatic N) is 3. The van der Waals surface area contributed by atoms with Gasteiger partial charge in [-0.1, -0.05) is 6.07 Å². The number of aryl methyl sites for hydroxylation is 2. The number of carbonyl (C=O) groups is 1. The highest BCUT2D eigenvalue weighted by atomic mass is 19.4. The summed E-state index contributed by atoms with van der Waals surface area (Å²) in [6.07, 6.45) is -3.55. The van der Waals surface area contributed by atoms with E-state index in [0.29, 0.717) is 22.4 Å². The first-order valence-corrected chi connectivity index (χ1v) is 12.0. The van der Waals surface area contributed by atoms with Crippen LogP contribution in [0.25, 0.3) is 27.7 Å². The van der Waals surface area contributed by atoms with Gasteiger partial charge in [0.1, 0.15) is 34.8 Å². The van der Waals surface area contributed by atoms with Gasteiger partial charge < -0.3 is 19.4 Å². The zero-order valence-corrected chi connectivity index (χ0v) is 21.0. The van der Waals surface area contributed by atoms with Crippen molar-refractivity contribution in [1.29, 1.82) is 0 Å². The molecule has 1 unspecified atom stereocenters. The molecule has 0 saturated heterocycles. The number of ether oxygens (including phenoxy) is 1. The molecule has 0 aliphatic carbocycles. The first-order chi connectivity index (χ1) is 18.4. The molecule has 6 nitrogen and oxygen atoms in total. The normalized spacial score (nSPS) is 15.2. The second kappa shape index (κ2) is 8.29. The number of hydrogen-bond acceptors (Lipinski definition) is 4. The van der Waals surface area contributed by atoms with E-state index in [1.165, 1.54) is 28.8 Å². The number of ketones is 1. The lowest BCUT2D eigenvalue weighted by Crippen LogP contribution is -2.19. The van der Waals surface area contributed by atoms with Crippen LogP contribution in [0.5, 0.6) is 5.75 Å². The highest BCUT2D eigenvalue weighted by Crippen LogP contribution is 2.49. The number of anilines is 1. The van der Waals surface area contributed by atoms with E-state index < -0.39 is 40.9 Å². The Morgan fingerprint density at radius 1 is 1.15 bits per heavy atom. The van der Waals surface area contributed by atoms with Crippen LogP contribution in [0.1, 0.15) is 39.9 Å². The lowest BCUT2D eigenvalue weighted by atomic mass is 9.93. The number of nitrogens with two attached hydrogens (primary N) is 1. The summed E-state index contributed by atoms with van der Waals surface area (Å²) in [4.78, 5) is 18.0. The van der Waals surface area contributed by atoms with Gasteiger partial charge in [0.25, 0.3) is 0 Å². The maximum absolute atomic E-state index is 14.6. The first-order valence-electron chi connectivity index (χ1n) is 12.0. The first kappa shape index (κ1) is 24.9. The van der Waals surface area contributed by atoms with Gasteiger partial charge in [0.05, 0.1) is 22.3 Å². The number of pyridine rings is 1. The molecule has 39 heavy (non-hydrogen) atoms. The van der Waals surface area contributed by atoms with Crippen molar-refractivity contribution < 1.29 is 31.5 Å². The summed E-state index contributed by atoms with van der Waals surface area (Å²) < 4.78 is 81.2. The topological polar surface area (TPSA) is 74.5 Å². The lowest BCUT2D eigenvalue weighted by Gasteiger charge is -2.25. The van der Waals surface area contributed by atoms with Crippen molar-refractivity contribution in [3.8, 4) is 16.9 Å². The van der Waals surface area contributed by atoms with Crippen molar-refractivity contribution in [1.82, 2.24) is 14.0 Å². The number of halogens is 5. The Morgan fingerprint density at radius 3 is 2.51 bits per heavy atom. The molecule has 3 aromatic heterocycles. The Balaban J connectivity index is 1.69. The average molecular weight is 540 g/mol. The van der Waals surface area contributed by atoms with Crippen LogP contribution < -0.4 is 10.5 Å². The molecular formula is C28H21F5N4O2. The fraction of sp³-hybridized carbons (Fsp3) is 0.214. The van der Waals surface area contributed by atoms with Gasteiger partial charge in [-0.2, -0.15) is 13.2 Å². The van der Waals surface area contributed by atoms with Crippen molar-refractivity contribution in [3.05, 3.63) is 82.4 Å². The molecule has 1 atom stereocenters. The average Bonchev–Trinajstić information content (AvgIpc) is 3.37. The molecule has 0 fully saturated rings. The highest BCUT2D eigenvalue weighted by Gasteiger charge is 2.39. The van der Waals surface area contributed by atoms with Crippen LogP contribution in [0.15, 0.2) is 42.6 Å². The molecule has 1 aliphatic heterocycles. The molecule has 0 bridgehead atoms. The minimum absolute atomic E-state index is 0.00604. The van der Waals surface area contributed by atoms with Gasteiger partial charge in [-0.05, 0) is 49.7 Å². The van der Waals surface area contributed by atoms with E-state index in [0.717, 1.165) is 18.2 Å². The van der Waals surface area contributed by atoms with E-state index >= 15 is 0 Å². The summed E-state index contributed by atoms with van der Waals surface area (Å²) in [6, 6.07) is 7.30. The number of hydrogen-bond donors (Lipinski definition) is 1. The molecule has 1 aliphatic rings. The number of fused-ring (bicyclic) bond motifs is 4. The van der Waals surface area contributed by atoms with E-state index in [4.69, 9.17) is 10.5 Å². The Labute approximate surface area is 218 Å². The summed E-state index contributed by atoms with van der Waals surface area (Å²) in [5.74, 6) is -2.36. The third kappa shape index (κ3) is 3.67. The second-order valence-corrected chi connectivity index (χ2v) is 9.72. The molecule has 0 saturated carbocycles. The maximum atomic E-state index is 14.6. The molecule has 2 N–H and O–H groups in total. The number of alkyl halides is 3. The number of carbonyl (C=O) groups excluding carboxylic acids is 1. The van der Waals surface area contributed by atoms with E-state index in [2.05, 4.69) is 4.98 Å². The molecule has 0 radical (unpaired) electrons. The molecule has 200 valence electrons. The monoisotopic (exact) mass is 540 g/mol. The van der Waals surface area contributed by atoms with E-state index in [1.54, 1.807) is 25.5 Å². The molecule has 5 aromatic rings. The van der Waals surface area contributed by atoms with Crippen molar-refractivity contribution in [3.63, 3.8) is 0 Å². The largest absolute Gasteiger partial charge is 0.487 e. The minimum Gasteiger partial charge on any atom is -0.487 e. The van der Waals surface area contributed by atoms with Crippen LogP contribution in [0.3, 0.4) is 0 Å². The van der Waals surface area contributed by atoms with Gasteiger partial charge >= 0.3 is 6.18 Å². The summed E-state index contributed by atoms with van der Waals surface area (Å²) in [7, 11) is 1.64. The zero-order valence-electron chi connectivity index (χ0n) is 21.0. The quantitative estimate of drug-likeness (QED) is 0.164. The highest BCUT2D eigenvalue weighted by molar-refractivity contribution is 6.10. The van der Waals surface area contributed by atoms with Gasteiger partial charge in [0.2, 0.25) is 5.78 Å². The van der Waals surface area contributed by atoms with Gasteiger partial charge in [-0.25, -0.2) is 13.8 Å². The molecule has 6 rings (SSSR count). The summed E-state index contributed by atoms with van der Waals surface area (Å²) >= 11 is 0. The van der Waals surface area contributed by atoms with Gasteiger partial charge in [0.15, 0.2) is 5.75 Å². The fourth-order valence-electron chi connectivity index (χ4n) is 5.30. The summed E-state index contributed by atoms with van der Waals surface area (Å²) in [6.45, 7) is 3.41. The van der Waals surface area contributed by atoms with Crippen LogP contribution in [-0.2, 0) is 19.6 Å². The van der Waals surface area contributed by atoms with Crippen LogP contribution >= 0.6 is 0 Å². The number of benzene rings is 2. The molecule has 2 aromatic carbocycles. The van der Waals surface area contributed by atoms with Crippen LogP contribution in [-0.4, -0.2) is 25.8 Å². The zero-order chi connectivity index (χ0) is 28.0. The van der Waals surface area contributed by atoms with E-state index in [9.17, 15) is 26.7 Å². The van der Waals surface area contributed by atoms with Gasteiger partial charge in [0, 0.05) is 36.4 Å². The van der Waals surface area contributed by atoms with E-state index in [-0.39, 0.29) is 40.1 Å². The predicted molar refractivity (Wildman–Crippen MR) is 135 cm³/mol.